The Morgan fingerprint density at radius 3 is 2.33 bits per heavy atom. The summed E-state index contributed by atoms with van der Waals surface area (Å²) in [5.41, 5.74) is 0. The number of carboxylic acid groups (broad SMARTS) is 1. The standard InChI is InChI=1S/C14H25NO3/c1-10(9-14(17)18)8-13(16)15-11(2)12-6-4-3-5-7-12/h10-12H,3-9H2,1-2H3,(H,15,16)(H,17,18). The van der Waals surface area contributed by atoms with E-state index in [9.17, 15) is 9.59 Å². The lowest BCUT2D eigenvalue weighted by Crippen LogP contribution is -2.39. The van der Waals surface area contributed by atoms with Crippen LogP contribution in [0.15, 0.2) is 0 Å². The zero-order valence-corrected chi connectivity index (χ0v) is 11.4. The van der Waals surface area contributed by atoms with Gasteiger partial charge in [-0.25, -0.2) is 0 Å². The van der Waals surface area contributed by atoms with Gasteiger partial charge in [0.25, 0.3) is 0 Å². The van der Waals surface area contributed by atoms with Crippen LogP contribution in [-0.2, 0) is 9.59 Å². The predicted octanol–water partition coefficient (Wildman–Crippen LogP) is 2.57. The van der Waals surface area contributed by atoms with E-state index < -0.39 is 5.97 Å². The number of amides is 1. The SMILES string of the molecule is CC(CC(=O)O)CC(=O)NC(C)C1CCCCC1. The van der Waals surface area contributed by atoms with Gasteiger partial charge in [0, 0.05) is 18.9 Å². The van der Waals surface area contributed by atoms with Gasteiger partial charge in [0.2, 0.25) is 5.91 Å². The second kappa shape index (κ2) is 7.39. The highest BCUT2D eigenvalue weighted by Crippen LogP contribution is 2.26. The van der Waals surface area contributed by atoms with Crippen LogP contribution in [0.4, 0.5) is 0 Å². The molecule has 1 fully saturated rings. The first kappa shape index (κ1) is 15.0. The third-order valence-corrected chi connectivity index (χ3v) is 3.80. The Balaban J connectivity index is 2.27. The molecule has 2 N–H and O–H groups in total. The largest absolute Gasteiger partial charge is 0.481 e. The summed E-state index contributed by atoms with van der Waals surface area (Å²) in [6, 6.07) is 0.217. The molecule has 2 unspecified atom stereocenters. The Kier molecular flexibility index (Phi) is 6.16. The predicted molar refractivity (Wildman–Crippen MR) is 70.2 cm³/mol. The minimum atomic E-state index is -0.837. The fourth-order valence-corrected chi connectivity index (χ4v) is 2.75. The maximum Gasteiger partial charge on any atom is 0.303 e. The van der Waals surface area contributed by atoms with Crippen LogP contribution >= 0.6 is 0 Å². The summed E-state index contributed by atoms with van der Waals surface area (Å²) >= 11 is 0. The van der Waals surface area contributed by atoms with Crippen LogP contribution in [-0.4, -0.2) is 23.0 Å². The first-order valence-electron chi connectivity index (χ1n) is 7.00. The average molecular weight is 255 g/mol. The Morgan fingerprint density at radius 2 is 1.78 bits per heavy atom. The number of rotatable bonds is 6. The number of hydrogen-bond acceptors (Lipinski definition) is 2. The molecule has 4 heteroatoms. The molecule has 0 aromatic heterocycles. The van der Waals surface area contributed by atoms with E-state index >= 15 is 0 Å². The molecular formula is C14H25NO3. The molecule has 0 aromatic rings. The molecule has 0 radical (unpaired) electrons. The van der Waals surface area contributed by atoms with Crippen LogP contribution in [0.1, 0.15) is 58.8 Å². The molecule has 0 spiro atoms. The second-order valence-corrected chi connectivity index (χ2v) is 5.66. The van der Waals surface area contributed by atoms with Crippen molar-refractivity contribution in [1.82, 2.24) is 5.32 Å². The topological polar surface area (TPSA) is 66.4 Å². The normalized spacial score (nSPS) is 20.1. The van der Waals surface area contributed by atoms with Crippen molar-refractivity contribution >= 4 is 11.9 Å². The van der Waals surface area contributed by atoms with Crippen LogP contribution in [0.5, 0.6) is 0 Å². The van der Waals surface area contributed by atoms with Gasteiger partial charge in [0.15, 0.2) is 0 Å². The molecule has 104 valence electrons. The van der Waals surface area contributed by atoms with Crippen LogP contribution in [0.2, 0.25) is 0 Å². The molecule has 0 heterocycles. The lowest BCUT2D eigenvalue weighted by Gasteiger charge is -2.28. The summed E-state index contributed by atoms with van der Waals surface area (Å²) in [7, 11) is 0. The Hall–Kier alpha value is -1.06. The molecule has 18 heavy (non-hydrogen) atoms. The zero-order valence-electron chi connectivity index (χ0n) is 11.4. The first-order chi connectivity index (χ1) is 8.49. The Labute approximate surface area is 109 Å². The summed E-state index contributed by atoms with van der Waals surface area (Å²) in [6.07, 6.45) is 6.61. The molecule has 4 nitrogen and oxygen atoms in total. The number of nitrogens with one attached hydrogen (secondary N) is 1. The van der Waals surface area contributed by atoms with E-state index in [0.717, 1.165) is 0 Å². The van der Waals surface area contributed by atoms with E-state index in [-0.39, 0.29) is 24.3 Å². The van der Waals surface area contributed by atoms with Crippen LogP contribution in [0.3, 0.4) is 0 Å². The molecule has 2 atom stereocenters. The van der Waals surface area contributed by atoms with Gasteiger partial charge in [-0.3, -0.25) is 9.59 Å². The van der Waals surface area contributed by atoms with E-state index in [2.05, 4.69) is 12.2 Å². The highest BCUT2D eigenvalue weighted by molar-refractivity contribution is 5.77. The van der Waals surface area contributed by atoms with Crippen molar-refractivity contribution in [2.45, 2.75) is 64.8 Å². The van der Waals surface area contributed by atoms with Crippen LogP contribution < -0.4 is 5.32 Å². The third kappa shape index (κ3) is 5.52. The van der Waals surface area contributed by atoms with E-state index in [1.807, 2.05) is 0 Å². The van der Waals surface area contributed by atoms with Crippen LogP contribution in [0.25, 0.3) is 0 Å². The van der Waals surface area contributed by atoms with E-state index in [4.69, 9.17) is 5.11 Å². The maximum atomic E-state index is 11.8. The van der Waals surface area contributed by atoms with Gasteiger partial charge in [0.05, 0.1) is 0 Å². The van der Waals surface area contributed by atoms with Gasteiger partial charge in [-0.05, 0) is 31.6 Å². The molecule has 1 aliphatic carbocycles. The number of carboxylic acids is 1. The van der Waals surface area contributed by atoms with Crippen molar-refractivity contribution in [2.24, 2.45) is 11.8 Å². The van der Waals surface area contributed by atoms with Gasteiger partial charge in [0.1, 0.15) is 0 Å². The van der Waals surface area contributed by atoms with Gasteiger partial charge < -0.3 is 10.4 Å². The molecule has 1 aliphatic rings. The van der Waals surface area contributed by atoms with Crippen molar-refractivity contribution in [3.8, 4) is 0 Å². The minimum Gasteiger partial charge on any atom is -0.481 e. The summed E-state index contributed by atoms with van der Waals surface area (Å²) in [6.45, 7) is 3.87. The van der Waals surface area contributed by atoms with E-state index in [1.54, 1.807) is 6.92 Å². The summed E-state index contributed by atoms with van der Waals surface area (Å²) < 4.78 is 0. The number of hydrogen-bond donors (Lipinski definition) is 2. The molecule has 0 saturated heterocycles. The fourth-order valence-electron chi connectivity index (χ4n) is 2.75. The Bertz CT molecular complexity index is 285. The maximum absolute atomic E-state index is 11.8. The monoisotopic (exact) mass is 255 g/mol. The number of carbonyl (C=O) groups is 2. The molecule has 1 rings (SSSR count). The third-order valence-electron chi connectivity index (χ3n) is 3.80. The van der Waals surface area contributed by atoms with Crippen molar-refractivity contribution < 1.29 is 14.7 Å². The van der Waals surface area contributed by atoms with Crippen molar-refractivity contribution in [3.63, 3.8) is 0 Å². The quantitative estimate of drug-likeness (QED) is 0.766. The van der Waals surface area contributed by atoms with Crippen LogP contribution in [0, 0.1) is 11.8 Å². The lowest BCUT2D eigenvalue weighted by atomic mass is 9.84. The van der Waals surface area contributed by atoms with Gasteiger partial charge >= 0.3 is 5.97 Å². The average Bonchev–Trinajstić information content (AvgIpc) is 2.28. The summed E-state index contributed by atoms with van der Waals surface area (Å²) in [5, 5.41) is 11.7. The molecule has 0 bridgehead atoms. The fraction of sp³-hybridized carbons (Fsp3) is 0.857. The number of carbonyl (C=O) groups excluding carboxylic acids is 1. The Morgan fingerprint density at radius 1 is 1.17 bits per heavy atom. The highest BCUT2D eigenvalue weighted by Gasteiger charge is 2.22. The van der Waals surface area contributed by atoms with Crippen molar-refractivity contribution in [2.75, 3.05) is 0 Å². The summed E-state index contributed by atoms with van der Waals surface area (Å²) in [4.78, 5) is 22.3. The minimum absolute atomic E-state index is 0.0122. The first-order valence-corrected chi connectivity index (χ1v) is 7.00. The van der Waals surface area contributed by atoms with Gasteiger partial charge in [-0.15, -0.1) is 0 Å². The lowest BCUT2D eigenvalue weighted by molar-refractivity contribution is -0.138. The molecule has 0 aliphatic heterocycles. The van der Waals surface area contributed by atoms with Gasteiger partial charge in [-0.2, -0.15) is 0 Å². The summed E-state index contributed by atoms with van der Waals surface area (Å²) in [5.74, 6) is -0.351. The van der Waals surface area contributed by atoms with Crippen molar-refractivity contribution in [3.05, 3.63) is 0 Å². The second-order valence-electron chi connectivity index (χ2n) is 5.66. The van der Waals surface area contributed by atoms with Crippen molar-refractivity contribution in [1.29, 1.82) is 0 Å². The van der Waals surface area contributed by atoms with E-state index in [0.29, 0.717) is 12.3 Å². The molecule has 1 amide bonds. The highest BCUT2D eigenvalue weighted by atomic mass is 16.4. The molecule has 0 aromatic carbocycles. The molecular weight excluding hydrogens is 230 g/mol. The molecule has 1 saturated carbocycles. The van der Waals surface area contributed by atoms with Gasteiger partial charge in [-0.1, -0.05) is 26.2 Å². The number of aliphatic carboxylic acids is 1. The van der Waals surface area contributed by atoms with E-state index in [1.165, 1.54) is 32.1 Å². The smallest absolute Gasteiger partial charge is 0.303 e. The zero-order chi connectivity index (χ0) is 13.5.